The highest BCUT2D eigenvalue weighted by Crippen LogP contribution is 2.30. The second-order valence-corrected chi connectivity index (χ2v) is 4.83. The van der Waals surface area contributed by atoms with E-state index in [2.05, 4.69) is 10.2 Å². The van der Waals surface area contributed by atoms with Crippen molar-refractivity contribution in [1.29, 1.82) is 0 Å². The number of aliphatic hydroxyl groups is 1. The Bertz CT molecular complexity index is 518. The molecule has 0 saturated carbocycles. The van der Waals surface area contributed by atoms with Gasteiger partial charge in [0, 0.05) is 10.5 Å². The van der Waals surface area contributed by atoms with E-state index in [0.29, 0.717) is 11.4 Å². The number of ether oxygens (including phenoxy) is 1. The maximum absolute atomic E-state index is 9.67. The zero-order chi connectivity index (χ0) is 13.0. The van der Waals surface area contributed by atoms with Crippen molar-refractivity contribution in [3.8, 4) is 5.88 Å². The Kier molecular flexibility index (Phi) is 4.17. The van der Waals surface area contributed by atoms with Crippen LogP contribution in [0.15, 0.2) is 46.3 Å². The van der Waals surface area contributed by atoms with E-state index in [-0.39, 0.29) is 0 Å². The molecule has 0 aliphatic carbocycles. The fourth-order valence-corrected chi connectivity index (χ4v) is 2.30. The number of hydrogen-bond acceptors (Lipinski definition) is 5. The Morgan fingerprint density at radius 2 is 1.94 bits per heavy atom. The standard InChI is InChI=1S/C13H14N2O2S/c1-9(16)11-8-12(14-15-13(11)17-2)18-10-6-4-3-5-7-10/h3-9,16H,1-2H3. The van der Waals surface area contributed by atoms with Crippen molar-refractivity contribution < 1.29 is 9.84 Å². The number of benzene rings is 1. The lowest BCUT2D eigenvalue weighted by atomic mass is 10.2. The van der Waals surface area contributed by atoms with Gasteiger partial charge in [0.2, 0.25) is 5.88 Å². The third-order valence-electron chi connectivity index (χ3n) is 2.37. The predicted octanol–water partition coefficient (Wildman–Crippen LogP) is 2.69. The molecule has 5 heteroatoms. The van der Waals surface area contributed by atoms with Gasteiger partial charge in [0.15, 0.2) is 0 Å². The first kappa shape index (κ1) is 12.9. The van der Waals surface area contributed by atoms with Gasteiger partial charge in [-0.25, -0.2) is 0 Å². The van der Waals surface area contributed by atoms with Gasteiger partial charge in [0.1, 0.15) is 5.03 Å². The molecule has 0 saturated heterocycles. The van der Waals surface area contributed by atoms with E-state index in [1.807, 2.05) is 30.3 Å². The second-order valence-electron chi connectivity index (χ2n) is 3.74. The van der Waals surface area contributed by atoms with E-state index >= 15 is 0 Å². The Balaban J connectivity index is 2.27. The van der Waals surface area contributed by atoms with Gasteiger partial charge >= 0.3 is 0 Å². The monoisotopic (exact) mass is 262 g/mol. The van der Waals surface area contributed by atoms with Crippen LogP contribution in [0.4, 0.5) is 0 Å². The van der Waals surface area contributed by atoms with Gasteiger partial charge in [0.25, 0.3) is 0 Å². The van der Waals surface area contributed by atoms with Crippen molar-refractivity contribution in [1.82, 2.24) is 10.2 Å². The minimum absolute atomic E-state index is 0.363. The first-order chi connectivity index (χ1) is 8.70. The number of methoxy groups -OCH3 is 1. The minimum Gasteiger partial charge on any atom is -0.480 e. The Morgan fingerprint density at radius 3 is 2.56 bits per heavy atom. The molecule has 0 spiro atoms. The number of aliphatic hydroxyl groups excluding tert-OH is 1. The quantitative estimate of drug-likeness (QED) is 0.918. The predicted molar refractivity (Wildman–Crippen MR) is 69.8 cm³/mol. The van der Waals surface area contributed by atoms with Crippen LogP contribution in [0.1, 0.15) is 18.6 Å². The summed E-state index contributed by atoms with van der Waals surface area (Å²) >= 11 is 1.50. The zero-order valence-electron chi connectivity index (χ0n) is 10.2. The molecule has 0 amide bonds. The highest BCUT2D eigenvalue weighted by atomic mass is 32.2. The van der Waals surface area contributed by atoms with Crippen molar-refractivity contribution >= 4 is 11.8 Å². The van der Waals surface area contributed by atoms with Crippen molar-refractivity contribution in [2.24, 2.45) is 0 Å². The summed E-state index contributed by atoms with van der Waals surface area (Å²) in [5, 5.41) is 18.4. The molecule has 1 unspecified atom stereocenters. The molecule has 0 aliphatic heterocycles. The van der Waals surface area contributed by atoms with E-state index in [1.54, 1.807) is 13.0 Å². The normalized spacial score (nSPS) is 12.2. The topological polar surface area (TPSA) is 55.2 Å². The SMILES string of the molecule is COc1nnc(Sc2ccccc2)cc1C(C)O. The second kappa shape index (κ2) is 5.84. The van der Waals surface area contributed by atoms with Crippen LogP contribution in [0, 0.1) is 0 Å². The van der Waals surface area contributed by atoms with Gasteiger partial charge in [-0.2, -0.15) is 0 Å². The molecule has 1 N–H and O–H groups in total. The van der Waals surface area contributed by atoms with Crippen LogP contribution >= 0.6 is 11.8 Å². The summed E-state index contributed by atoms with van der Waals surface area (Å²) in [6, 6.07) is 11.7. The van der Waals surface area contributed by atoms with E-state index < -0.39 is 6.10 Å². The summed E-state index contributed by atoms with van der Waals surface area (Å²) in [6.45, 7) is 1.68. The molecule has 0 radical (unpaired) electrons. The van der Waals surface area contributed by atoms with Crippen molar-refractivity contribution in [3.63, 3.8) is 0 Å². The van der Waals surface area contributed by atoms with Crippen molar-refractivity contribution in [2.45, 2.75) is 22.9 Å². The Labute approximate surface area is 110 Å². The van der Waals surface area contributed by atoms with Gasteiger partial charge < -0.3 is 9.84 Å². The van der Waals surface area contributed by atoms with Crippen LogP contribution < -0.4 is 4.74 Å². The fourth-order valence-electron chi connectivity index (χ4n) is 1.49. The van der Waals surface area contributed by atoms with Gasteiger partial charge in [-0.15, -0.1) is 10.2 Å². The van der Waals surface area contributed by atoms with Gasteiger partial charge in [-0.3, -0.25) is 0 Å². The molecule has 94 valence electrons. The molecule has 2 rings (SSSR count). The fraction of sp³-hybridized carbons (Fsp3) is 0.231. The van der Waals surface area contributed by atoms with Crippen molar-refractivity contribution in [2.75, 3.05) is 7.11 Å². The average Bonchev–Trinajstić information content (AvgIpc) is 2.40. The average molecular weight is 262 g/mol. The van der Waals surface area contributed by atoms with Crippen LogP contribution in [0.5, 0.6) is 5.88 Å². The number of hydrogen-bond donors (Lipinski definition) is 1. The smallest absolute Gasteiger partial charge is 0.239 e. The molecule has 1 atom stereocenters. The molecule has 0 aliphatic rings. The van der Waals surface area contributed by atoms with Crippen molar-refractivity contribution in [3.05, 3.63) is 42.0 Å². The lowest BCUT2D eigenvalue weighted by Crippen LogP contribution is -2.01. The summed E-state index contributed by atoms with van der Waals surface area (Å²) in [5.74, 6) is 0.363. The minimum atomic E-state index is -0.634. The van der Waals surface area contributed by atoms with E-state index in [4.69, 9.17) is 4.74 Å². The van der Waals surface area contributed by atoms with Crippen LogP contribution in [0.25, 0.3) is 0 Å². The molecule has 1 aromatic carbocycles. The lowest BCUT2D eigenvalue weighted by molar-refractivity contribution is 0.192. The summed E-state index contributed by atoms with van der Waals surface area (Å²) in [5.41, 5.74) is 0.644. The maximum Gasteiger partial charge on any atom is 0.239 e. The molecule has 2 aromatic rings. The van der Waals surface area contributed by atoms with Gasteiger partial charge in [-0.1, -0.05) is 30.0 Å². The van der Waals surface area contributed by atoms with Crippen LogP contribution in [-0.2, 0) is 0 Å². The van der Waals surface area contributed by atoms with Crippen LogP contribution in [0.3, 0.4) is 0 Å². The van der Waals surface area contributed by atoms with E-state index in [0.717, 1.165) is 9.92 Å². The highest BCUT2D eigenvalue weighted by molar-refractivity contribution is 7.99. The first-order valence-electron chi connectivity index (χ1n) is 5.53. The van der Waals surface area contributed by atoms with Gasteiger partial charge in [-0.05, 0) is 25.1 Å². The third kappa shape index (κ3) is 3.00. The van der Waals surface area contributed by atoms with Crippen LogP contribution in [0.2, 0.25) is 0 Å². The first-order valence-corrected chi connectivity index (χ1v) is 6.35. The largest absolute Gasteiger partial charge is 0.480 e. The summed E-state index contributed by atoms with van der Waals surface area (Å²) in [7, 11) is 1.51. The summed E-state index contributed by atoms with van der Waals surface area (Å²) in [6.07, 6.45) is -0.634. The molecular weight excluding hydrogens is 248 g/mol. The highest BCUT2D eigenvalue weighted by Gasteiger charge is 2.12. The maximum atomic E-state index is 9.67. The summed E-state index contributed by atoms with van der Waals surface area (Å²) in [4.78, 5) is 1.08. The molecule has 1 aromatic heterocycles. The molecule has 4 nitrogen and oxygen atoms in total. The number of nitrogens with zero attached hydrogens (tertiary/aromatic N) is 2. The summed E-state index contributed by atoms with van der Waals surface area (Å²) < 4.78 is 5.07. The number of aromatic nitrogens is 2. The molecular formula is C13H14N2O2S. The molecule has 18 heavy (non-hydrogen) atoms. The van der Waals surface area contributed by atoms with E-state index in [9.17, 15) is 5.11 Å². The third-order valence-corrected chi connectivity index (χ3v) is 3.29. The number of rotatable bonds is 4. The van der Waals surface area contributed by atoms with Crippen LogP contribution in [-0.4, -0.2) is 22.4 Å². The lowest BCUT2D eigenvalue weighted by Gasteiger charge is -2.10. The van der Waals surface area contributed by atoms with Gasteiger partial charge in [0.05, 0.1) is 13.2 Å². The Hall–Kier alpha value is -1.59. The Morgan fingerprint density at radius 1 is 1.22 bits per heavy atom. The zero-order valence-corrected chi connectivity index (χ0v) is 11.0. The molecule has 1 heterocycles. The molecule has 0 bridgehead atoms. The molecule has 0 fully saturated rings. The van der Waals surface area contributed by atoms with E-state index in [1.165, 1.54) is 18.9 Å².